The van der Waals surface area contributed by atoms with Crippen molar-refractivity contribution in [3.8, 4) is 6.07 Å². The molecular weight excluding hydrogens is 240 g/mol. The van der Waals surface area contributed by atoms with Gasteiger partial charge in [0.1, 0.15) is 5.92 Å². The minimum Gasteiger partial charge on any atom is -0.465 e. The second-order valence-corrected chi connectivity index (χ2v) is 4.43. The lowest BCUT2D eigenvalue weighted by atomic mass is 10.1. The molecule has 1 aromatic carbocycles. The van der Waals surface area contributed by atoms with Crippen LogP contribution >= 0.6 is 0 Å². The summed E-state index contributed by atoms with van der Waals surface area (Å²) >= 11 is 0. The van der Waals surface area contributed by atoms with Gasteiger partial charge in [-0.25, -0.2) is 0 Å². The summed E-state index contributed by atoms with van der Waals surface area (Å²) in [5, 5.41) is 8.50. The fourth-order valence-corrected chi connectivity index (χ4v) is 1.68. The minimum absolute atomic E-state index is 0.348. The Balaban J connectivity index is 0.000000196. The highest BCUT2D eigenvalue weighted by Gasteiger charge is 2.17. The maximum Gasteiger partial charge on any atom is 0.323 e. The van der Waals surface area contributed by atoms with Gasteiger partial charge < -0.3 is 10.5 Å². The molecule has 2 rings (SSSR count). The lowest BCUT2D eigenvalue weighted by Gasteiger charge is -2.05. The Morgan fingerprint density at radius 1 is 1.47 bits per heavy atom. The van der Waals surface area contributed by atoms with Crippen LogP contribution < -0.4 is 5.73 Å². The molecule has 1 atom stereocenters. The zero-order valence-corrected chi connectivity index (χ0v) is 11.5. The summed E-state index contributed by atoms with van der Waals surface area (Å²) in [5.74, 6) is -0.961. The first-order valence-electron chi connectivity index (χ1n) is 6.55. The first-order chi connectivity index (χ1) is 9.12. The van der Waals surface area contributed by atoms with Crippen LogP contribution in [0.3, 0.4) is 0 Å². The molecule has 0 aromatic heterocycles. The minimum atomic E-state index is -0.569. The van der Waals surface area contributed by atoms with Crippen molar-refractivity contribution < 1.29 is 9.53 Å². The number of anilines is 1. The van der Waals surface area contributed by atoms with E-state index in [1.165, 1.54) is 11.1 Å². The SMILES string of the molecule is CCCC(C#N)C(=O)OCC.Nc1ccc2c(c1)C2. The van der Waals surface area contributed by atoms with E-state index in [4.69, 9.17) is 11.0 Å². The van der Waals surface area contributed by atoms with Gasteiger partial charge in [-0.15, -0.1) is 0 Å². The number of hydrogen-bond donors (Lipinski definition) is 1. The van der Waals surface area contributed by atoms with Crippen molar-refractivity contribution in [1.29, 1.82) is 5.26 Å². The summed E-state index contributed by atoms with van der Waals surface area (Å²) in [4.78, 5) is 10.9. The first-order valence-corrected chi connectivity index (χ1v) is 6.55. The van der Waals surface area contributed by atoms with Crippen LogP contribution in [-0.2, 0) is 16.0 Å². The second-order valence-electron chi connectivity index (χ2n) is 4.43. The summed E-state index contributed by atoms with van der Waals surface area (Å²) in [5.41, 5.74) is 9.26. The van der Waals surface area contributed by atoms with Crippen LogP contribution in [0.15, 0.2) is 18.2 Å². The summed E-state index contributed by atoms with van der Waals surface area (Å²) in [6, 6.07) is 7.99. The number of rotatable bonds is 4. The molecule has 0 amide bonds. The number of fused-ring (bicyclic) bond motifs is 1. The Morgan fingerprint density at radius 2 is 2.21 bits per heavy atom. The van der Waals surface area contributed by atoms with E-state index in [2.05, 4.69) is 10.8 Å². The van der Waals surface area contributed by atoms with Gasteiger partial charge in [-0.1, -0.05) is 19.4 Å². The fraction of sp³-hybridized carbons (Fsp3) is 0.467. The van der Waals surface area contributed by atoms with E-state index < -0.39 is 11.9 Å². The molecule has 0 saturated carbocycles. The zero-order chi connectivity index (χ0) is 14.3. The molecule has 0 radical (unpaired) electrons. The highest BCUT2D eigenvalue weighted by Crippen LogP contribution is 2.28. The van der Waals surface area contributed by atoms with Crippen LogP contribution in [0.4, 0.5) is 5.69 Å². The Hall–Kier alpha value is -2.02. The third-order valence-corrected chi connectivity index (χ3v) is 2.79. The number of ether oxygens (including phenoxy) is 1. The quantitative estimate of drug-likeness (QED) is 0.677. The van der Waals surface area contributed by atoms with Gasteiger partial charge in [-0.3, -0.25) is 4.79 Å². The van der Waals surface area contributed by atoms with Crippen LogP contribution in [0.2, 0.25) is 0 Å². The molecule has 1 unspecified atom stereocenters. The largest absolute Gasteiger partial charge is 0.465 e. The molecule has 1 aliphatic rings. The summed E-state index contributed by atoms with van der Waals surface area (Å²) in [7, 11) is 0. The van der Waals surface area contributed by atoms with Crippen LogP contribution in [0, 0.1) is 17.2 Å². The van der Waals surface area contributed by atoms with Gasteiger partial charge in [0.2, 0.25) is 0 Å². The Bertz CT molecular complexity index is 477. The predicted molar refractivity (Wildman–Crippen MR) is 74.3 cm³/mol. The maximum absolute atomic E-state index is 10.9. The van der Waals surface area contributed by atoms with E-state index in [1.54, 1.807) is 6.92 Å². The zero-order valence-electron chi connectivity index (χ0n) is 11.5. The molecule has 2 N–H and O–H groups in total. The molecule has 0 heterocycles. The highest BCUT2D eigenvalue weighted by atomic mass is 16.5. The lowest BCUT2D eigenvalue weighted by molar-refractivity contribution is -0.146. The second kappa shape index (κ2) is 7.42. The number of nitrogen functional groups attached to an aromatic ring is 1. The number of carbonyl (C=O) groups is 1. The third kappa shape index (κ3) is 5.01. The standard InChI is InChI=1S/C8H13NO2.C7H7N/c1-3-5-7(6-9)8(10)11-4-2;8-7-2-1-5-3-6(5)4-7/h7H,3-5H2,1-2H3;1-2,4H,3,8H2. The average molecular weight is 260 g/mol. The van der Waals surface area contributed by atoms with Crippen molar-refractivity contribution in [2.75, 3.05) is 12.3 Å². The van der Waals surface area contributed by atoms with Gasteiger partial charge in [-0.05, 0) is 43.0 Å². The van der Waals surface area contributed by atoms with E-state index in [1.807, 2.05) is 25.1 Å². The molecule has 0 aliphatic heterocycles. The van der Waals surface area contributed by atoms with Gasteiger partial charge >= 0.3 is 5.97 Å². The Morgan fingerprint density at radius 3 is 2.68 bits per heavy atom. The molecule has 4 heteroatoms. The number of benzene rings is 1. The van der Waals surface area contributed by atoms with Gasteiger partial charge in [0.25, 0.3) is 0 Å². The fourth-order valence-electron chi connectivity index (χ4n) is 1.68. The predicted octanol–water partition coefficient (Wildman–Crippen LogP) is 2.66. The number of nitrogens with zero attached hydrogens (tertiary/aromatic N) is 1. The van der Waals surface area contributed by atoms with E-state index in [0.29, 0.717) is 13.0 Å². The molecule has 102 valence electrons. The number of nitrogens with two attached hydrogens (primary N) is 1. The van der Waals surface area contributed by atoms with E-state index in [0.717, 1.165) is 18.5 Å². The van der Waals surface area contributed by atoms with Crippen LogP contribution in [0.5, 0.6) is 0 Å². The number of carbonyl (C=O) groups excluding carboxylic acids is 1. The average Bonchev–Trinajstić information content (AvgIpc) is 3.15. The van der Waals surface area contributed by atoms with Crippen molar-refractivity contribution in [2.24, 2.45) is 5.92 Å². The van der Waals surface area contributed by atoms with Gasteiger partial charge in [0, 0.05) is 5.69 Å². The molecule has 0 spiro atoms. The van der Waals surface area contributed by atoms with Gasteiger partial charge in [0.05, 0.1) is 12.7 Å². The van der Waals surface area contributed by atoms with E-state index in [-0.39, 0.29) is 0 Å². The first kappa shape index (κ1) is 15.0. The molecule has 0 bridgehead atoms. The topological polar surface area (TPSA) is 76.1 Å². The molecule has 1 aromatic rings. The number of esters is 1. The van der Waals surface area contributed by atoms with Crippen molar-refractivity contribution in [3.05, 3.63) is 29.3 Å². The Labute approximate surface area is 114 Å². The van der Waals surface area contributed by atoms with Crippen LogP contribution in [0.1, 0.15) is 37.8 Å². The van der Waals surface area contributed by atoms with Crippen LogP contribution in [-0.4, -0.2) is 12.6 Å². The van der Waals surface area contributed by atoms with Crippen molar-refractivity contribution in [3.63, 3.8) is 0 Å². The van der Waals surface area contributed by atoms with E-state index >= 15 is 0 Å². The van der Waals surface area contributed by atoms with Gasteiger partial charge in [0.15, 0.2) is 0 Å². The molecule has 0 saturated heterocycles. The van der Waals surface area contributed by atoms with Gasteiger partial charge in [-0.2, -0.15) is 5.26 Å². The molecule has 1 aliphatic carbocycles. The molecule has 0 fully saturated rings. The number of nitriles is 1. The molecule has 4 nitrogen and oxygen atoms in total. The summed E-state index contributed by atoms with van der Waals surface area (Å²) in [6.07, 6.45) is 2.59. The monoisotopic (exact) mass is 260 g/mol. The van der Waals surface area contributed by atoms with Crippen molar-refractivity contribution in [1.82, 2.24) is 0 Å². The van der Waals surface area contributed by atoms with Crippen molar-refractivity contribution >= 4 is 11.7 Å². The lowest BCUT2D eigenvalue weighted by Crippen LogP contribution is -2.15. The maximum atomic E-state index is 10.9. The molecule has 19 heavy (non-hydrogen) atoms. The number of hydrogen-bond acceptors (Lipinski definition) is 4. The third-order valence-electron chi connectivity index (χ3n) is 2.79. The molecular formula is C15H20N2O2. The van der Waals surface area contributed by atoms with E-state index in [9.17, 15) is 4.79 Å². The van der Waals surface area contributed by atoms with Crippen LogP contribution in [0.25, 0.3) is 0 Å². The summed E-state index contributed by atoms with van der Waals surface area (Å²) in [6.45, 7) is 4.02. The normalized spacial score (nSPS) is 12.3. The summed E-state index contributed by atoms with van der Waals surface area (Å²) < 4.78 is 4.69. The van der Waals surface area contributed by atoms with Crippen molar-refractivity contribution in [2.45, 2.75) is 33.1 Å². The smallest absolute Gasteiger partial charge is 0.323 e. The highest BCUT2D eigenvalue weighted by molar-refractivity contribution is 5.75. The Kier molecular flexibility index (Phi) is 5.87.